The van der Waals surface area contributed by atoms with Crippen molar-refractivity contribution in [1.29, 1.82) is 0 Å². The topological polar surface area (TPSA) is 24.4 Å². The van der Waals surface area contributed by atoms with Gasteiger partial charge in [0, 0.05) is 5.70 Å². The lowest BCUT2D eigenvalue weighted by Crippen LogP contribution is -2.18. The summed E-state index contributed by atoms with van der Waals surface area (Å²) in [6.45, 7) is 17.3. The average Bonchev–Trinajstić information content (AvgIpc) is 2.16. The normalized spacial score (nSPS) is 12.2. The molecule has 0 aliphatic carbocycles. The number of amidine groups is 1. The minimum absolute atomic E-state index is 0.658. The monoisotopic (exact) mass is 218 g/mol. The van der Waals surface area contributed by atoms with Crippen molar-refractivity contribution in [3.63, 3.8) is 0 Å². The van der Waals surface area contributed by atoms with Crippen LogP contribution in [0.5, 0.6) is 0 Å². The summed E-state index contributed by atoms with van der Waals surface area (Å²) in [5.74, 6) is 0.808. The smallest absolute Gasteiger partial charge is 0.103 e. The van der Waals surface area contributed by atoms with Crippen LogP contribution in [0.15, 0.2) is 53.8 Å². The number of allylic oxidation sites excluding steroid dienone is 4. The number of nitrogens with one attached hydrogen (secondary N) is 1. The molecule has 0 atom stereocenters. The number of rotatable bonds is 6. The molecule has 0 saturated heterocycles. The van der Waals surface area contributed by atoms with E-state index in [9.17, 15) is 0 Å². The summed E-state index contributed by atoms with van der Waals surface area (Å²) in [5, 5.41) is 3.18. The van der Waals surface area contributed by atoms with E-state index in [1.807, 2.05) is 19.9 Å². The Hall–Kier alpha value is -1.57. The highest BCUT2D eigenvalue weighted by molar-refractivity contribution is 5.82. The first-order chi connectivity index (χ1) is 7.49. The van der Waals surface area contributed by atoms with Crippen LogP contribution in [0.4, 0.5) is 0 Å². The summed E-state index contributed by atoms with van der Waals surface area (Å²) in [7, 11) is 0. The van der Waals surface area contributed by atoms with Gasteiger partial charge in [-0.05, 0) is 32.4 Å². The van der Waals surface area contributed by atoms with Crippen molar-refractivity contribution in [1.82, 2.24) is 5.32 Å². The molecule has 0 bridgehead atoms. The van der Waals surface area contributed by atoms with Gasteiger partial charge >= 0.3 is 0 Å². The first-order valence-electron chi connectivity index (χ1n) is 5.49. The van der Waals surface area contributed by atoms with Gasteiger partial charge in [0.05, 0.1) is 5.70 Å². The molecule has 0 heterocycles. The van der Waals surface area contributed by atoms with Gasteiger partial charge in [0.15, 0.2) is 0 Å². The summed E-state index contributed by atoms with van der Waals surface area (Å²) in [4.78, 5) is 4.21. The Morgan fingerprint density at radius 2 is 1.94 bits per heavy atom. The maximum atomic E-state index is 4.21. The molecule has 0 aromatic rings. The highest BCUT2D eigenvalue weighted by Crippen LogP contribution is 2.05. The number of nitrogens with zero attached hydrogens (tertiary/aromatic N) is 1. The molecule has 0 aliphatic heterocycles. The molecule has 0 saturated carbocycles. The van der Waals surface area contributed by atoms with Crippen LogP contribution in [-0.4, -0.2) is 5.84 Å². The molecule has 0 rings (SSSR count). The minimum atomic E-state index is 0.658. The molecule has 0 aromatic heterocycles. The summed E-state index contributed by atoms with van der Waals surface area (Å²) < 4.78 is 0. The third-order valence-electron chi connectivity index (χ3n) is 1.92. The Kier molecular flexibility index (Phi) is 6.93. The molecule has 0 spiro atoms. The Morgan fingerprint density at radius 1 is 1.31 bits per heavy atom. The van der Waals surface area contributed by atoms with E-state index in [-0.39, 0.29) is 0 Å². The Bertz CT molecular complexity index is 333. The van der Waals surface area contributed by atoms with Gasteiger partial charge < -0.3 is 5.32 Å². The number of aliphatic imine (C=N–C) groups is 1. The first kappa shape index (κ1) is 14.4. The second-order valence-electron chi connectivity index (χ2n) is 3.75. The lowest BCUT2D eigenvalue weighted by atomic mass is 10.1. The number of hydrogen-bond acceptors (Lipinski definition) is 1. The molecule has 1 N–H and O–H groups in total. The molecule has 0 aliphatic rings. The maximum absolute atomic E-state index is 4.21. The Morgan fingerprint density at radius 3 is 2.44 bits per heavy atom. The van der Waals surface area contributed by atoms with Crippen LogP contribution in [0.1, 0.15) is 33.6 Å². The fraction of sp³-hybridized carbons (Fsp3) is 0.357. The molecular weight excluding hydrogens is 196 g/mol. The minimum Gasteiger partial charge on any atom is -0.348 e. The van der Waals surface area contributed by atoms with Crippen molar-refractivity contribution in [2.24, 2.45) is 4.99 Å². The summed E-state index contributed by atoms with van der Waals surface area (Å²) >= 11 is 0. The van der Waals surface area contributed by atoms with Gasteiger partial charge in [0.2, 0.25) is 0 Å². The van der Waals surface area contributed by atoms with Crippen molar-refractivity contribution in [2.45, 2.75) is 33.6 Å². The van der Waals surface area contributed by atoms with E-state index in [0.29, 0.717) is 5.70 Å². The van der Waals surface area contributed by atoms with Gasteiger partial charge in [-0.15, -0.1) is 0 Å². The van der Waals surface area contributed by atoms with Crippen LogP contribution in [-0.2, 0) is 0 Å². The Balaban J connectivity index is 4.38. The zero-order valence-electron chi connectivity index (χ0n) is 10.6. The van der Waals surface area contributed by atoms with Crippen LogP contribution in [0, 0.1) is 0 Å². The Labute approximate surface area is 99.2 Å². The molecule has 0 radical (unpaired) electrons. The lowest BCUT2D eigenvalue weighted by molar-refractivity contribution is 0.923. The first-order valence-corrected chi connectivity index (χ1v) is 5.49. The summed E-state index contributed by atoms with van der Waals surface area (Å²) in [6, 6.07) is 0. The van der Waals surface area contributed by atoms with E-state index >= 15 is 0 Å². The van der Waals surface area contributed by atoms with Crippen LogP contribution >= 0.6 is 0 Å². The van der Waals surface area contributed by atoms with Crippen LogP contribution < -0.4 is 5.32 Å². The van der Waals surface area contributed by atoms with E-state index in [2.05, 4.69) is 37.0 Å². The molecule has 0 amide bonds. The van der Waals surface area contributed by atoms with E-state index in [1.165, 1.54) is 0 Å². The summed E-state index contributed by atoms with van der Waals surface area (Å²) in [5.41, 5.74) is 2.82. The van der Waals surface area contributed by atoms with Gasteiger partial charge in [-0.2, -0.15) is 0 Å². The second kappa shape index (κ2) is 7.69. The van der Waals surface area contributed by atoms with Crippen LogP contribution in [0.2, 0.25) is 0 Å². The van der Waals surface area contributed by atoms with Gasteiger partial charge in [-0.1, -0.05) is 38.7 Å². The van der Waals surface area contributed by atoms with Crippen LogP contribution in [0.3, 0.4) is 0 Å². The van der Waals surface area contributed by atoms with E-state index in [4.69, 9.17) is 0 Å². The molecule has 2 heteroatoms. The average molecular weight is 218 g/mol. The molecule has 0 unspecified atom stereocenters. The molecule has 16 heavy (non-hydrogen) atoms. The van der Waals surface area contributed by atoms with Crippen molar-refractivity contribution < 1.29 is 0 Å². The van der Waals surface area contributed by atoms with Gasteiger partial charge in [0.1, 0.15) is 5.84 Å². The van der Waals surface area contributed by atoms with Crippen molar-refractivity contribution in [3.8, 4) is 0 Å². The molecule has 0 fully saturated rings. The quantitative estimate of drug-likeness (QED) is 0.407. The fourth-order valence-electron chi connectivity index (χ4n) is 1.31. The number of hydrogen-bond donors (Lipinski definition) is 1. The van der Waals surface area contributed by atoms with Crippen LogP contribution in [0.25, 0.3) is 0 Å². The zero-order chi connectivity index (χ0) is 12.6. The van der Waals surface area contributed by atoms with Gasteiger partial charge in [0.25, 0.3) is 0 Å². The summed E-state index contributed by atoms with van der Waals surface area (Å²) in [6.07, 6.45) is 5.80. The largest absolute Gasteiger partial charge is 0.348 e. The SMILES string of the molecule is C=CC(=C)/N=C(\C)N/C(C)=C/C(=C)CCC. The zero-order valence-corrected chi connectivity index (χ0v) is 10.6. The van der Waals surface area contributed by atoms with Crippen molar-refractivity contribution in [2.75, 3.05) is 0 Å². The fourth-order valence-corrected chi connectivity index (χ4v) is 1.31. The van der Waals surface area contributed by atoms with E-state index in [1.54, 1.807) is 6.08 Å². The van der Waals surface area contributed by atoms with Gasteiger partial charge in [-0.25, -0.2) is 4.99 Å². The second-order valence-corrected chi connectivity index (χ2v) is 3.75. The van der Waals surface area contributed by atoms with Crippen molar-refractivity contribution >= 4 is 5.84 Å². The highest BCUT2D eigenvalue weighted by atomic mass is 15.0. The predicted octanol–water partition coefficient (Wildman–Crippen LogP) is 3.95. The molecular formula is C14H22N2. The molecule has 0 aromatic carbocycles. The molecule has 2 nitrogen and oxygen atoms in total. The highest BCUT2D eigenvalue weighted by Gasteiger charge is 1.94. The predicted molar refractivity (Wildman–Crippen MR) is 73.4 cm³/mol. The van der Waals surface area contributed by atoms with E-state index in [0.717, 1.165) is 29.9 Å². The van der Waals surface area contributed by atoms with Crippen molar-refractivity contribution in [3.05, 3.63) is 48.9 Å². The standard InChI is InChI=1S/C14H22N2/c1-7-9-11(3)10-13(5)16-14(6)15-12(4)8-2/h8,10H,2-4,7,9H2,1,5-6H3,(H,15,16)/b13-10+. The molecule has 88 valence electrons. The van der Waals surface area contributed by atoms with Gasteiger partial charge in [-0.3, -0.25) is 0 Å². The maximum Gasteiger partial charge on any atom is 0.103 e. The third kappa shape index (κ3) is 6.82. The lowest BCUT2D eigenvalue weighted by Gasteiger charge is -2.06. The third-order valence-corrected chi connectivity index (χ3v) is 1.92. The van der Waals surface area contributed by atoms with E-state index < -0.39 is 0 Å².